The van der Waals surface area contributed by atoms with E-state index >= 15 is 0 Å². The van der Waals surface area contributed by atoms with Crippen LogP contribution >= 0.6 is 0 Å². The Morgan fingerprint density at radius 2 is 1.00 bits per heavy atom. The fourth-order valence-corrected chi connectivity index (χ4v) is 7.45. The summed E-state index contributed by atoms with van der Waals surface area (Å²) in [4.78, 5) is 0. The fraction of sp³-hybridized carbons (Fsp3) is 0.800. The Balaban J connectivity index is 2.51. The summed E-state index contributed by atoms with van der Waals surface area (Å²) >= 11 is 0. The van der Waals surface area contributed by atoms with Gasteiger partial charge in [-0.1, -0.05) is 128 Å². The molecule has 0 heterocycles. The molecule has 0 saturated carbocycles. The fourth-order valence-electron chi connectivity index (χ4n) is 5.33. The molecule has 0 saturated heterocycles. The van der Waals surface area contributed by atoms with E-state index in [9.17, 15) is 0 Å². The maximum absolute atomic E-state index is 2.57. The smallest absolute Gasteiger partial charge is 0.0654 e. The van der Waals surface area contributed by atoms with Gasteiger partial charge in [0.1, 0.15) is 0 Å². The average Bonchev–Trinajstić information content (AvgIpc) is 2.74. The Morgan fingerprint density at radius 1 is 0.581 bits per heavy atom. The molecule has 31 heavy (non-hydrogen) atoms. The highest BCUT2D eigenvalue weighted by atomic mass is 28.3. The summed E-state index contributed by atoms with van der Waals surface area (Å²) in [7, 11) is -0.805. The zero-order valence-corrected chi connectivity index (χ0v) is 23.5. The van der Waals surface area contributed by atoms with Gasteiger partial charge in [0.15, 0.2) is 0 Å². The highest BCUT2D eigenvalue weighted by molar-refractivity contribution is 6.71. The molecule has 0 aliphatic rings. The van der Waals surface area contributed by atoms with Crippen molar-refractivity contribution in [1.82, 2.24) is 0 Å². The van der Waals surface area contributed by atoms with Gasteiger partial charge in [-0.3, -0.25) is 0 Å². The van der Waals surface area contributed by atoms with Gasteiger partial charge in [0.2, 0.25) is 0 Å². The quantitative estimate of drug-likeness (QED) is 0.147. The minimum absolute atomic E-state index is 0.805. The standard InChI is InChI=1S/C30H56Si/c1-7-9-11-13-15-17-19-21-23-28-25-26(3)29(30(27(28)4)31(5)6)24-22-20-18-16-14-12-10-8-2/h25,31H,7-24H2,1-6H3. The zero-order valence-electron chi connectivity index (χ0n) is 22.4. The molecule has 1 aromatic rings. The van der Waals surface area contributed by atoms with Crippen LogP contribution in [-0.4, -0.2) is 8.80 Å². The van der Waals surface area contributed by atoms with Crippen molar-refractivity contribution in [3.63, 3.8) is 0 Å². The van der Waals surface area contributed by atoms with Crippen molar-refractivity contribution in [3.05, 3.63) is 28.3 Å². The van der Waals surface area contributed by atoms with Crippen LogP contribution in [0.1, 0.15) is 139 Å². The first-order chi connectivity index (χ1) is 15.0. The number of unbranched alkanes of at least 4 members (excludes halogenated alkanes) is 14. The minimum Gasteiger partial charge on any atom is -0.0682 e. The lowest BCUT2D eigenvalue weighted by molar-refractivity contribution is 0.574. The number of aryl methyl sites for hydroxylation is 2. The second-order valence-corrected chi connectivity index (χ2v) is 13.4. The molecule has 0 aliphatic carbocycles. The maximum Gasteiger partial charge on any atom is 0.0654 e. The molecule has 0 spiro atoms. The molecule has 1 heteroatoms. The predicted octanol–water partition coefficient (Wildman–Crippen LogP) is 9.36. The molecule has 0 N–H and O–H groups in total. The van der Waals surface area contributed by atoms with Crippen LogP contribution in [0.15, 0.2) is 6.07 Å². The molecular weight excluding hydrogens is 388 g/mol. The second kappa shape index (κ2) is 17.9. The van der Waals surface area contributed by atoms with Gasteiger partial charge in [-0.25, -0.2) is 0 Å². The van der Waals surface area contributed by atoms with E-state index in [0.717, 1.165) is 0 Å². The summed E-state index contributed by atoms with van der Waals surface area (Å²) in [5.74, 6) is 0. The van der Waals surface area contributed by atoms with Crippen molar-refractivity contribution < 1.29 is 0 Å². The van der Waals surface area contributed by atoms with E-state index < -0.39 is 8.80 Å². The molecule has 0 bridgehead atoms. The van der Waals surface area contributed by atoms with Crippen LogP contribution in [0.25, 0.3) is 0 Å². The lowest BCUT2D eigenvalue weighted by Crippen LogP contribution is -2.31. The van der Waals surface area contributed by atoms with Crippen LogP contribution in [0.4, 0.5) is 0 Å². The van der Waals surface area contributed by atoms with Gasteiger partial charge >= 0.3 is 0 Å². The Morgan fingerprint density at radius 3 is 1.45 bits per heavy atom. The van der Waals surface area contributed by atoms with Crippen LogP contribution in [0.5, 0.6) is 0 Å². The first-order valence-corrected chi connectivity index (χ1v) is 17.0. The lowest BCUT2D eigenvalue weighted by Gasteiger charge is -2.22. The van der Waals surface area contributed by atoms with Gasteiger partial charge in [-0.15, -0.1) is 0 Å². The van der Waals surface area contributed by atoms with Gasteiger partial charge in [0.25, 0.3) is 0 Å². The van der Waals surface area contributed by atoms with Gasteiger partial charge in [-0.05, 0) is 61.8 Å². The molecule has 0 unspecified atom stereocenters. The zero-order chi connectivity index (χ0) is 22.9. The van der Waals surface area contributed by atoms with Crippen LogP contribution in [0.2, 0.25) is 13.1 Å². The normalized spacial score (nSPS) is 11.6. The van der Waals surface area contributed by atoms with Gasteiger partial charge in [0.05, 0.1) is 8.80 Å². The third-order valence-electron chi connectivity index (χ3n) is 7.23. The van der Waals surface area contributed by atoms with E-state index in [-0.39, 0.29) is 0 Å². The lowest BCUT2D eigenvalue weighted by atomic mass is 9.93. The van der Waals surface area contributed by atoms with E-state index in [1.807, 2.05) is 5.19 Å². The van der Waals surface area contributed by atoms with Crippen LogP contribution in [-0.2, 0) is 12.8 Å². The van der Waals surface area contributed by atoms with Crippen molar-refractivity contribution in [2.24, 2.45) is 0 Å². The van der Waals surface area contributed by atoms with Crippen molar-refractivity contribution in [2.75, 3.05) is 0 Å². The Labute approximate surface area is 198 Å². The second-order valence-electron chi connectivity index (χ2n) is 10.5. The molecule has 180 valence electrons. The van der Waals surface area contributed by atoms with Crippen molar-refractivity contribution >= 4 is 14.0 Å². The minimum atomic E-state index is -0.805. The van der Waals surface area contributed by atoms with Crippen LogP contribution in [0.3, 0.4) is 0 Å². The van der Waals surface area contributed by atoms with Gasteiger partial charge in [0, 0.05) is 0 Å². The van der Waals surface area contributed by atoms with E-state index in [4.69, 9.17) is 0 Å². The number of benzene rings is 1. The summed E-state index contributed by atoms with van der Waals surface area (Å²) in [6.45, 7) is 14.5. The number of rotatable bonds is 19. The molecule has 0 amide bonds. The summed E-state index contributed by atoms with van der Waals surface area (Å²) in [5.41, 5.74) is 6.67. The maximum atomic E-state index is 2.57. The summed E-state index contributed by atoms with van der Waals surface area (Å²) < 4.78 is 0. The van der Waals surface area contributed by atoms with Crippen LogP contribution < -0.4 is 5.19 Å². The third-order valence-corrected chi connectivity index (χ3v) is 9.17. The van der Waals surface area contributed by atoms with Crippen molar-refractivity contribution in [2.45, 2.75) is 156 Å². The van der Waals surface area contributed by atoms with Crippen molar-refractivity contribution in [1.29, 1.82) is 0 Å². The van der Waals surface area contributed by atoms with Crippen LogP contribution in [0, 0.1) is 13.8 Å². The molecule has 0 fully saturated rings. The average molecular weight is 445 g/mol. The molecule has 0 nitrogen and oxygen atoms in total. The topological polar surface area (TPSA) is 0 Å². The monoisotopic (exact) mass is 444 g/mol. The summed E-state index contributed by atoms with van der Waals surface area (Å²) in [6.07, 6.45) is 25.3. The molecule has 0 radical (unpaired) electrons. The van der Waals surface area contributed by atoms with Crippen molar-refractivity contribution in [3.8, 4) is 0 Å². The SMILES string of the molecule is CCCCCCCCCCc1cc(C)c(CCCCCCCCCC)c([SiH](C)C)c1C. The molecular formula is C30H56Si. The molecule has 1 rings (SSSR count). The Kier molecular flexibility index (Phi) is 16.5. The first kappa shape index (κ1) is 28.5. The predicted molar refractivity (Wildman–Crippen MR) is 147 cm³/mol. The third kappa shape index (κ3) is 11.7. The van der Waals surface area contributed by atoms with Gasteiger partial charge < -0.3 is 0 Å². The largest absolute Gasteiger partial charge is 0.0682 e. The Hall–Kier alpha value is -0.563. The molecule has 0 aliphatic heterocycles. The summed E-state index contributed by atoms with van der Waals surface area (Å²) in [5, 5.41) is 1.82. The van der Waals surface area contributed by atoms with E-state index in [1.165, 1.54) is 116 Å². The van der Waals surface area contributed by atoms with E-state index in [1.54, 1.807) is 22.3 Å². The van der Waals surface area contributed by atoms with E-state index in [2.05, 4.69) is 46.9 Å². The summed E-state index contributed by atoms with van der Waals surface area (Å²) in [6, 6.07) is 2.57. The molecule has 0 aromatic heterocycles. The number of hydrogen-bond acceptors (Lipinski definition) is 0. The Bertz CT molecular complexity index is 572. The molecule has 0 atom stereocenters. The first-order valence-electron chi connectivity index (χ1n) is 14.1. The highest BCUT2D eigenvalue weighted by Gasteiger charge is 2.16. The highest BCUT2D eigenvalue weighted by Crippen LogP contribution is 2.21. The van der Waals surface area contributed by atoms with E-state index in [0.29, 0.717) is 0 Å². The molecule has 1 aromatic carbocycles. The number of hydrogen-bond donors (Lipinski definition) is 0. The van der Waals surface area contributed by atoms with Gasteiger partial charge in [-0.2, -0.15) is 0 Å².